The number of ether oxygens (including phenoxy) is 4. The van der Waals surface area contributed by atoms with Crippen molar-refractivity contribution in [3.8, 4) is 11.1 Å². The zero-order valence-electron chi connectivity index (χ0n) is 38.0. The van der Waals surface area contributed by atoms with Gasteiger partial charge in [-0.2, -0.15) is 0 Å². The van der Waals surface area contributed by atoms with E-state index < -0.39 is 35.8 Å². The highest BCUT2D eigenvalue weighted by molar-refractivity contribution is 6.39. The Labute approximate surface area is 369 Å². The van der Waals surface area contributed by atoms with Gasteiger partial charge in [-0.3, -0.25) is 14.4 Å². The second-order valence-electron chi connectivity index (χ2n) is 19.1. The van der Waals surface area contributed by atoms with Crippen LogP contribution in [-0.2, 0) is 38.2 Å². The maximum Gasteiger partial charge on any atom is 0.407 e. The Balaban J connectivity index is 1.03. The monoisotopic (exact) mass is 861 g/mol. The number of Topliss-reactive ketones (excluding diaryl/α,β-unsaturated/α-hetero) is 2. The van der Waals surface area contributed by atoms with Crippen LogP contribution in [0.4, 0.5) is 4.79 Å². The Morgan fingerprint density at radius 3 is 2.29 bits per heavy atom. The molecule has 2 aliphatic carbocycles. The molecule has 62 heavy (non-hydrogen) atoms. The highest BCUT2D eigenvalue weighted by atomic mass is 17.1. The van der Waals surface area contributed by atoms with Gasteiger partial charge in [0.2, 0.25) is 0 Å². The fourth-order valence-electron chi connectivity index (χ4n) is 10.5. The first-order valence-corrected chi connectivity index (χ1v) is 23.4. The lowest BCUT2D eigenvalue weighted by Gasteiger charge is -2.44. The molecule has 12 nitrogen and oxygen atoms in total. The molecule has 0 bridgehead atoms. The number of carbonyl (C=O) groups excluding carboxylic acids is 4. The van der Waals surface area contributed by atoms with E-state index in [-0.39, 0.29) is 61.7 Å². The molecule has 6 rings (SSSR count). The van der Waals surface area contributed by atoms with Gasteiger partial charge < -0.3 is 29.2 Å². The number of fused-ring (bicyclic) bond motifs is 3. The van der Waals surface area contributed by atoms with Crippen molar-refractivity contribution in [2.24, 2.45) is 29.6 Å². The summed E-state index contributed by atoms with van der Waals surface area (Å²) >= 11 is 0. The topological polar surface area (TPSA) is 150 Å². The molecule has 2 aromatic rings. The maximum absolute atomic E-state index is 14.1. The van der Waals surface area contributed by atoms with E-state index in [9.17, 15) is 24.4 Å². The summed E-state index contributed by atoms with van der Waals surface area (Å²) in [5, 5.41) is 12.1. The van der Waals surface area contributed by atoms with Crippen molar-refractivity contribution in [2.75, 3.05) is 33.4 Å². The fourth-order valence-corrected chi connectivity index (χ4v) is 10.5. The van der Waals surface area contributed by atoms with Crippen LogP contribution in [0.2, 0.25) is 0 Å². The Hall–Kier alpha value is -3.68. The third kappa shape index (κ3) is 11.7. The molecule has 2 aliphatic heterocycles. The van der Waals surface area contributed by atoms with Gasteiger partial charge in [0.15, 0.2) is 6.29 Å². The van der Waals surface area contributed by atoms with Gasteiger partial charge in [-0.05, 0) is 110 Å². The van der Waals surface area contributed by atoms with Crippen LogP contribution in [0.3, 0.4) is 0 Å². The van der Waals surface area contributed by atoms with E-state index in [0.717, 1.165) is 30.4 Å². The second kappa shape index (κ2) is 22.3. The van der Waals surface area contributed by atoms with E-state index in [0.29, 0.717) is 62.9 Å². The van der Waals surface area contributed by atoms with E-state index in [4.69, 9.17) is 18.9 Å². The molecule has 10 atom stereocenters. The first-order chi connectivity index (χ1) is 29.8. The van der Waals surface area contributed by atoms with E-state index in [1.165, 1.54) is 37.5 Å². The summed E-state index contributed by atoms with van der Waals surface area (Å²) in [6, 6.07) is 16.2. The lowest BCUT2D eigenvalue weighted by atomic mass is 9.72. The molecular formula is C50H72N2O10. The van der Waals surface area contributed by atoms with Gasteiger partial charge in [0.25, 0.3) is 11.7 Å². The van der Waals surface area contributed by atoms with E-state index in [2.05, 4.69) is 55.2 Å². The van der Waals surface area contributed by atoms with Gasteiger partial charge in [0, 0.05) is 45.4 Å². The largest absolute Gasteiger partial charge is 0.449 e. The number of carbonyl (C=O) groups is 4. The number of benzene rings is 2. The summed E-state index contributed by atoms with van der Waals surface area (Å²) in [6.45, 7) is 11.7. The van der Waals surface area contributed by atoms with Gasteiger partial charge in [-0.25, -0.2) is 14.9 Å². The average Bonchev–Trinajstić information content (AvgIpc) is 3.60. The highest BCUT2D eigenvalue weighted by Crippen LogP contribution is 2.45. The van der Waals surface area contributed by atoms with Crippen molar-refractivity contribution in [3.63, 3.8) is 0 Å². The first kappa shape index (κ1) is 47.8. The van der Waals surface area contributed by atoms with Crippen molar-refractivity contribution in [1.29, 1.82) is 0 Å². The molecule has 0 unspecified atom stereocenters. The minimum absolute atomic E-state index is 0.0257. The molecule has 342 valence electrons. The summed E-state index contributed by atoms with van der Waals surface area (Å²) in [6.07, 6.45) is 7.31. The summed E-state index contributed by atoms with van der Waals surface area (Å²) < 4.78 is 23.9. The molecule has 2 saturated heterocycles. The molecule has 2 amide bonds. The molecule has 0 spiro atoms. The Morgan fingerprint density at radius 1 is 0.903 bits per heavy atom. The van der Waals surface area contributed by atoms with Gasteiger partial charge in [0.1, 0.15) is 18.0 Å². The molecule has 2 N–H and O–H groups in total. The molecule has 0 aromatic heterocycles. The van der Waals surface area contributed by atoms with Crippen molar-refractivity contribution in [1.82, 2.24) is 10.2 Å². The molecular weight excluding hydrogens is 789 g/mol. The predicted octanol–water partition coefficient (Wildman–Crippen LogP) is 9.12. The van der Waals surface area contributed by atoms with Crippen LogP contribution in [0.5, 0.6) is 0 Å². The van der Waals surface area contributed by atoms with Crippen molar-refractivity contribution in [2.45, 2.75) is 154 Å². The smallest absolute Gasteiger partial charge is 0.407 e. The van der Waals surface area contributed by atoms with Gasteiger partial charge in [0.05, 0.1) is 24.9 Å². The normalized spacial score (nSPS) is 27.7. The molecule has 4 aliphatic rings. The average molecular weight is 861 g/mol. The van der Waals surface area contributed by atoms with Crippen molar-refractivity contribution < 1.29 is 48.3 Å². The lowest BCUT2D eigenvalue weighted by Crippen LogP contribution is -2.59. The van der Waals surface area contributed by atoms with Crippen molar-refractivity contribution >= 4 is 23.6 Å². The number of likely N-dealkylation sites (tertiary alicyclic amines) is 1. The van der Waals surface area contributed by atoms with Gasteiger partial charge in [-0.15, -0.1) is 0 Å². The fraction of sp³-hybridized carbons (Fsp3) is 0.680. The molecule has 12 heteroatoms. The number of piperidine rings is 1. The number of hydrogen-bond acceptors (Lipinski definition) is 10. The Bertz CT molecular complexity index is 1770. The number of ketones is 2. The molecule has 2 aromatic carbocycles. The zero-order chi connectivity index (χ0) is 44.4. The SMILES string of the molecule is CO[C@@H](C[C@@H]1CC[C@@H](C)[C@](C)(C(=O)C(=O)N2CCCC[C@H]2CO[C@@H](CC(=O)CCCNC(=O)OCC2c3ccccc3-c3ccccc32)[C@H](C)C[C@@H]2CC[C@@H](C)[C@H](C)C2)O1)OO. The standard InChI is InChI=1S/C50H72N2O10/c1-32-20-22-36(26-33(32)2)27-34(3)45(28-38(53)15-13-24-51-49(56)60-31-44-42-18-9-7-16-40(42)41-17-8-10-19-43(41)44)59-30-37-14-11-12-25-52(37)48(55)47(54)50(5)35(4)21-23-39(61-50)29-46(58-6)62-57/h7-10,16-19,32-37,39,44-46,57H,11-15,20-31H2,1-6H3,(H,51,56)/t32-,33-,34-,35-,36-,37+,39+,45+,46-,50-/m1/s1. The van der Waals surface area contributed by atoms with Crippen LogP contribution < -0.4 is 5.32 Å². The predicted molar refractivity (Wildman–Crippen MR) is 236 cm³/mol. The van der Waals surface area contributed by atoms with Crippen LogP contribution in [0, 0.1) is 29.6 Å². The minimum Gasteiger partial charge on any atom is -0.449 e. The minimum atomic E-state index is -1.34. The highest BCUT2D eigenvalue weighted by Gasteiger charge is 2.50. The molecule has 3 fully saturated rings. The molecule has 1 saturated carbocycles. The summed E-state index contributed by atoms with van der Waals surface area (Å²) in [5.41, 5.74) is 3.31. The number of alkyl carbamates (subject to hydrolysis) is 1. The van der Waals surface area contributed by atoms with Crippen molar-refractivity contribution in [3.05, 3.63) is 59.7 Å². The maximum atomic E-state index is 14.1. The number of nitrogens with zero attached hydrogens (tertiary/aromatic N) is 1. The van der Waals surface area contributed by atoms with E-state index >= 15 is 0 Å². The van der Waals surface area contributed by atoms with Crippen LogP contribution in [0.1, 0.15) is 135 Å². The quantitative estimate of drug-likeness (QED) is 0.0434. The number of amides is 2. The van der Waals surface area contributed by atoms with Gasteiger partial charge >= 0.3 is 6.09 Å². The van der Waals surface area contributed by atoms with Crippen LogP contribution in [0.25, 0.3) is 11.1 Å². The summed E-state index contributed by atoms with van der Waals surface area (Å²) in [7, 11) is 1.42. The number of rotatable bonds is 20. The Kier molecular flexibility index (Phi) is 17.2. The number of nitrogens with one attached hydrogen (secondary N) is 1. The van der Waals surface area contributed by atoms with E-state index in [1.54, 1.807) is 11.8 Å². The number of hydrogen-bond donors (Lipinski definition) is 2. The third-order valence-electron chi connectivity index (χ3n) is 14.9. The number of methoxy groups -OCH3 is 1. The van der Waals surface area contributed by atoms with Crippen LogP contribution >= 0.6 is 0 Å². The zero-order valence-corrected chi connectivity index (χ0v) is 38.0. The summed E-state index contributed by atoms with van der Waals surface area (Å²) in [4.78, 5) is 60.8. The van der Waals surface area contributed by atoms with E-state index in [1.807, 2.05) is 31.2 Å². The first-order valence-electron chi connectivity index (χ1n) is 23.4. The van der Waals surface area contributed by atoms with Gasteiger partial charge in [-0.1, -0.05) is 89.1 Å². The summed E-state index contributed by atoms with van der Waals surface area (Å²) in [5.74, 6) is 0.756. The molecule has 2 heterocycles. The third-order valence-corrected chi connectivity index (χ3v) is 14.9. The second-order valence-corrected chi connectivity index (χ2v) is 19.1. The lowest BCUT2D eigenvalue weighted by molar-refractivity contribution is -0.348. The van der Waals surface area contributed by atoms with Crippen LogP contribution in [0.15, 0.2) is 48.5 Å². The Morgan fingerprint density at radius 2 is 1.61 bits per heavy atom. The molecule has 0 radical (unpaired) electrons. The van der Waals surface area contributed by atoms with Crippen LogP contribution in [-0.4, -0.2) is 97.3 Å².